The Morgan fingerprint density at radius 1 is 1.59 bits per heavy atom. The monoisotopic (exact) mass is 232 g/mol. The van der Waals surface area contributed by atoms with Crippen LogP contribution in [0.25, 0.3) is 21.5 Å². The van der Waals surface area contributed by atoms with Crippen molar-refractivity contribution < 1.29 is 4.42 Å². The summed E-state index contributed by atoms with van der Waals surface area (Å²) in [5, 5.41) is 3.47. The summed E-state index contributed by atoms with van der Waals surface area (Å²) < 4.78 is 6.66. The van der Waals surface area contributed by atoms with E-state index in [1.807, 2.05) is 32.0 Å². The summed E-state index contributed by atoms with van der Waals surface area (Å²) in [6, 6.07) is 5.34. The normalized spacial score (nSPS) is 12.4. The molecule has 1 aromatic carbocycles. The van der Waals surface area contributed by atoms with Crippen LogP contribution in [-0.2, 0) is 0 Å². The van der Waals surface area contributed by atoms with Crippen molar-refractivity contribution in [2.45, 2.75) is 19.9 Å². The third kappa shape index (κ3) is 2.03. The fourth-order valence-corrected chi connectivity index (χ4v) is 1.80. The molecule has 0 aliphatic carbocycles. The molecule has 0 radical (unpaired) electrons. The van der Waals surface area contributed by atoms with Crippen molar-refractivity contribution in [3.8, 4) is 0 Å². The van der Waals surface area contributed by atoms with Gasteiger partial charge in [-0.15, -0.1) is 0 Å². The average molecular weight is 232 g/mol. The second-order valence-electron chi connectivity index (χ2n) is 3.97. The maximum Gasteiger partial charge on any atom is 0.420 e. The summed E-state index contributed by atoms with van der Waals surface area (Å²) in [4.78, 5) is 14.4. The molecule has 0 saturated carbocycles. The van der Waals surface area contributed by atoms with Crippen molar-refractivity contribution in [2.75, 3.05) is 6.54 Å². The molecule has 1 atom stereocenters. The van der Waals surface area contributed by atoms with Crippen LogP contribution in [0.2, 0.25) is 0 Å². The maximum atomic E-state index is 11.7. The molecule has 1 aromatic heterocycles. The first kappa shape index (κ1) is 11.3. The van der Waals surface area contributed by atoms with Gasteiger partial charge in [0, 0.05) is 17.5 Å². The molecular weight excluding hydrogens is 220 g/mol. The Balaban J connectivity index is 2.56. The zero-order valence-corrected chi connectivity index (χ0v) is 9.62. The lowest BCUT2D eigenvalue weighted by molar-refractivity contribution is 0.464. The largest absolute Gasteiger partial charge is 0.420 e. The lowest BCUT2D eigenvalue weighted by Gasteiger charge is -2.08. The van der Waals surface area contributed by atoms with Crippen LogP contribution in [0.3, 0.4) is 0 Å². The Morgan fingerprint density at radius 2 is 2.35 bits per heavy atom. The highest BCUT2D eigenvalue weighted by atomic mass is 16.4. The highest BCUT2D eigenvalue weighted by Crippen LogP contribution is 2.18. The zero-order chi connectivity index (χ0) is 12.4. The second-order valence-corrected chi connectivity index (χ2v) is 3.97. The molecule has 88 valence electrons. The zero-order valence-electron chi connectivity index (χ0n) is 9.62. The van der Waals surface area contributed by atoms with Gasteiger partial charge in [0.05, 0.1) is 5.52 Å². The average Bonchev–Trinajstić information content (AvgIpc) is 2.61. The number of oxazole rings is 1. The number of benzene rings is 1. The van der Waals surface area contributed by atoms with Crippen molar-refractivity contribution in [1.82, 2.24) is 4.57 Å². The van der Waals surface area contributed by atoms with Crippen LogP contribution in [-0.4, -0.2) is 11.1 Å². The Morgan fingerprint density at radius 3 is 3.06 bits per heavy atom. The molecule has 6 heteroatoms. The summed E-state index contributed by atoms with van der Waals surface area (Å²) in [5.74, 6) is -0.425. The molecule has 0 saturated heterocycles. The number of hydrogen-bond donors (Lipinski definition) is 0. The minimum atomic E-state index is -0.425. The summed E-state index contributed by atoms with van der Waals surface area (Å²) in [5.41, 5.74) is 10.6. The van der Waals surface area contributed by atoms with Crippen molar-refractivity contribution in [3.63, 3.8) is 0 Å². The van der Waals surface area contributed by atoms with E-state index in [9.17, 15) is 4.79 Å². The van der Waals surface area contributed by atoms with Crippen LogP contribution in [0.4, 0.5) is 0 Å². The summed E-state index contributed by atoms with van der Waals surface area (Å²) in [7, 11) is 0. The van der Waals surface area contributed by atoms with Crippen molar-refractivity contribution in [2.24, 2.45) is 5.11 Å². The molecule has 2 rings (SSSR count). The standard InChI is InChI=1S/C11H12N4O2/c1-7-3-4-9-10(5-7)17-11(16)15(9)8(2)6-13-14-12/h3-5,8H,6H2,1-2H3. The molecule has 0 spiro atoms. The van der Waals surface area contributed by atoms with E-state index in [0.717, 1.165) is 11.1 Å². The number of rotatable bonds is 3. The van der Waals surface area contributed by atoms with Crippen molar-refractivity contribution >= 4 is 11.1 Å². The molecule has 1 heterocycles. The Bertz CT molecular complexity index is 649. The quantitative estimate of drug-likeness (QED) is 0.463. The van der Waals surface area contributed by atoms with E-state index in [-0.39, 0.29) is 12.6 Å². The third-order valence-corrected chi connectivity index (χ3v) is 2.62. The smallest absolute Gasteiger partial charge is 0.408 e. The summed E-state index contributed by atoms with van der Waals surface area (Å²) in [6.07, 6.45) is 0. The number of azide groups is 1. The van der Waals surface area contributed by atoms with Gasteiger partial charge in [0.2, 0.25) is 0 Å². The molecule has 0 amide bonds. The van der Waals surface area contributed by atoms with E-state index in [1.54, 1.807) is 0 Å². The third-order valence-electron chi connectivity index (χ3n) is 2.62. The SMILES string of the molecule is Cc1ccc2c(c1)oc(=O)n2C(C)CN=[N+]=[N-]. The van der Waals surface area contributed by atoms with Crippen LogP contribution >= 0.6 is 0 Å². The van der Waals surface area contributed by atoms with Gasteiger partial charge in [-0.1, -0.05) is 11.2 Å². The van der Waals surface area contributed by atoms with Gasteiger partial charge in [-0.05, 0) is 37.1 Å². The van der Waals surface area contributed by atoms with E-state index in [4.69, 9.17) is 9.95 Å². The second kappa shape index (κ2) is 4.35. The minimum absolute atomic E-state index is 0.220. The van der Waals surface area contributed by atoms with E-state index in [1.165, 1.54) is 4.57 Å². The molecule has 0 bridgehead atoms. The van der Waals surface area contributed by atoms with Gasteiger partial charge in [-0.25, -0.2) is 4.79 Å². The van der Waals surface area contributed by atoms with Gasteiger partial charge < -0.3 is 4.42 Å². The molecule has 2 aromatic rings. The molecule has 0 aliphatic heterocycles. The molecule has 0 aliphatic rings. The number of aromatic nitrogens is 1. The van der Waals surface area contributed by atoms with Crippen molar-refractivity contribution in [3.05, 3.63) is 44.8 Å². The number of fused-ring (bicyclic) bond motifs is 1. The highest BCUT2D eigenvalue weighted by Gasteiger charge is 2.14. The van der Waals surface area contributed by atoms with E-state index in [0.29, 0.717) is 5.58 Å². The predicted octanol–water partition coefficient (Wildman–Crippen LogP) is 2.77. The Labute approximate surface area is 97.1 Å². The van der Waals surface area contributed by atoms with Gasteiger partial charge in [0.15, 0.2) is 5.58 Å². The summed E-state index contributed by atoms with van der Waals surface area (Å²) >= 11 is 0. The van der Waals surface area contributed by atoms with Gasteiger partial charge in [0.1, 0.15) is 0 Å². The van der Waals surface area contributed by atoms with Gasteiger partial charge >= 0.3 is 5.76 Å². The van der Waals surface area contributed by atoms with Crippen LogP contribution in [0, 0.1) is 6.92 Å². The van der Waals surface area contributed by atoms with E-state index in [2.05, 4.69) is 10.0 Å². The fourth-order valence-electron chi connectivity index (χ4n) is 1.80. The summed E-state index contributed by atoms with van der Waals surface area (Å²) in [6.45, 7) is 3.96. The molecule has 1 unspecified atom stereocenters. The molecule has 0 N–H and O–H groups in total. The number of aryl methyl sites for hydroxylation is 1. The van der Waals surface area contributed by atoms with E-state index >= 15 is 0 Å². The predicted molar refractivity (Wildman–Crippen MR) is 63.9 cm³/mol. The lowest BCUT2D eigenvalue weighted by Crippen LogP contribution is -2.20. The number of hydrogen-bond acceptors (Lipinski definition) is 3. The maximum absolute atomic E-state index is 11.7. The molecule has 0 fully saturated rings. The van der Waals surface area contributed by atoms with Crippen LogP contribution < -0.4 is 5.76 Å². The first-order valence-corrected chi connectivity index (χ1v) is 5.26. The van der Waals surface area contributed by atoms with E-state index < -0.39 is 5.76 Å². The van der Waals surface area contributed by atoms with Gasteiger partial charge in [-0.3, -0.25) is 4.57 Å². The Kier molecular flexibility index (Phi) is 2.89. The first-order valence-electron chi connectivity index (χ1n) is 5.26. The van der Waals surface area contributed by atoms with Crippen molar-refractivity contribution in [1.29, 1.82) is 0 Å². The first-order chi connectivity index (χ1) is 8.13. The minimum Gasteiger partial charge on any atom is -0.408 e. The van der Waals surface area contributed by atoms with Crippen LogP contribution in [0.5, 0.6) is 0 Å². The molecule has 17 heavy (non-hydrogen) atoms. The van der Waals surface area contributed by atoms with Crippen LogP contribution in [0.1, 0.15) is 18.5 Å². The Hall–Kier alpha value is -2.20. The lowest BCUT2D eigenvalue weighted by atomic mass is 10.2. The number of nitrogens with zero attached hydrogens (tertiary/aromatic N) is 4. The molecule has 6 nitrogen and oxygen atoms in total. The van der Waals surface area contributed by atoms with Gasteiger partial charge in [-0.2, -0.15) is 0 Å². The van der Waals surface area contributed by atoms with Gasteiger partial charge in [0.25, 0.3) is 0 Å². The van der Waals surface area contributed by atoms with Crippen LogP contribution in [0.15, 0.2) is 32.5 Å². The molecular formula is C11H12N4O2. The fraction of sp³-hybridized carbons (Fsp3) is 0.364. The highest BCUT2D eigenvalue weighted by molar-refractivity contribution is 5.73. The topological polar surface area (TPSA) is 83.9 Å².